The van der Waals surface area contributed by atoms with Gasteiger partial charge in [0.05, 0.1) is 17.9 Å². The summed E-state index contributed by atoms with van der Waals surface area (Å²) in [5, 5.41) is 4.44. The van der Waals surface area contributed by atoms with Gasteiger partial charge in [-0.15, -0.1) is 11.3 Å². The van der Waals surface area contributed by atoms with E-state index in [1.165, 1.54) is 30.0 Å². The molecule has 7 nitrogen and oxygen atoms in total. The Kier molecular flexibility index (Phi) is 6.38. The third-order valence-electron chi connectivity index (χ3n) is 3.09. The topological polar surface area (TPSA) is 98.5 Å². The summed E-state index contributed by atoms with van der Waals surface area (Å²) >= 11 is 2.73. The minimum Gasteiger partial charge on any atom is -0.462 e. The lowest BCUT2D eigenvalue weighted by molar-refractivity contribution is -0.113. The molecule has 25 heavy (non-hydrogen) atoms. The normalized spacial score (nSPS) is 10.6. The molecule has 0 fully saturated rings. The fourth-order valence-corrected chi connectivity index (χ4v) is 3.79. The molecule has 0 aliphatic rings. The second-order valence-corrected chi connectivity index (χ2v) is 7.19. The number of aromatic nitrogens is 1. The van der Waals surface area contributed by atoms with E-state index < -0.39 is 5.97 Å². The molecule has 2 aromatic heterocycles. The second-order valence-electron chi connectivity index (χ2n) is 5.11. The molecule has 1 N–H and O–H groups in total. The van der Waals surface area contributed by atoms with Crippen LogP contribution in [0.25, 0.3) is 0 Å². The number of ether oxygens (including phenoxy) is 1. The summed E-state index contributed by atoms with van der Waals surface area (Å²) in [5.41, 5.74) is 0.970. The van der Waals surface area contributed by atoms with Crippen molar-refractivity contribution in [3.05, 3.63) is 28.0 Å². The minimum atomic E-state index is -0.706. The van der Waals surface area contributed by atoms with Crippen LogP contribution < -0.4 is 5.32 Å². The number of nitrogens with zero attached hydrogens (tertiary/aromatic N) is 1. The molecule has 0 bridgehead atoms. The molecular formula is C16H18N2O5S2. The zero-order valence-electron chi connectivity index (χ0n) is 14.3. The van der Waals surface area contributed by atoms with Gasteiger partial charge in [0.25, 0.3) is 0 Å². The first-order chi connectivity index (χ1) is 11.8. The van der Waals surface area contributed by atoms with Crippen LogP contribution in [-0.2, 0) is 9.53 Å². The summed E-state index contributed by atoms with van der Waals surface area (Å²) in [6, 6.07) is 0. The number of aryl methyl sites for hydroxylation is 2. The Hall–Kier alpha value is -2.13. The Morgan fingerprint density at radius 1 is 1.32 bits per heavy atom. The molecular weight excluding hydrogens is 364 g/mol. The SMILES string of the molecule is CCOC(=O)c1c(NC(=O)CSc2nc(C)cs2)oc(C)c1C(C)=O. The van der Waals surface area contributed by atoms with E-state index in [-0.39, 0.29) is 46.8 Å². The molecule has 2 heterocycles. The van der Waals surface area contributed by atoms with Crippen molar-refractivity contribution in [1.82, 2.24) is 4.98 Å². The highest BCUT2D eigenvalue weighted by Gasteiger charge is 2.28. The molecule has 134 valence electrons. The van der Waals surface area contributed by atoms with E-state index >= 15 is 0 Å². The fourth-order valence-electron chi connectivity index (χ4n) is 2.14. The van der Waals surface area contributed by atoms with Crippen LogP contribution >= 0.6 is 23.1 Å². The number of anilines is 1. The van der Waals surface area contributed by atoms with Crippen molar-refractivity contribution >= 4 is 46.6 Å². The predicted octanol–water partition coefficient (Wildman–Crippen LogP) is 3.46. The van der Waals surface area contributed by atoms with Gasteiger partial charge in [0.2, 0.25) is 11.8 Å². The summed E-state index contributed by atoms with van der Waals surface area (Å²) < 4.78 is 11.2. The van der Waals surface area contributed by atoms with E-state index in [1.807, 2.05) is 12.3 Å². The van der Waals surface area contributed by atoms with Gasteiger partial charge in [0, 0.05) is 11.1 Å². The maximum absolute atomic E-state index is 12.2. The fraction of sp³-hybridized carbons (Fsp3) is 0.375. The average Bonchev–Trinajstić information content (AvgIpc) is 3.08. The van der Waals surface area contributed by atoms with Crippen LogP contribution in [0.1, 0.15) is 46.0 Å². The standard InChI is InChI=1S/C16H18N2O5S2/c1-5-22-15(21)13-12(9(3)19)10(4)23-14(13)18-11(20)7-25-16-17-8(2)6-24-16/h6H,5,7H2,1-4H3,(H,18,20). The number of hydrogen-bond donors (Lipinski definition) is 1. The lowest BCUT2D eigenvalue weighted by atomic mass is 10.1. The number of carbonyl (C=O) groups is 3. The van der Waals surface area contributed by atoms with Crippen molar-refractivity contribution in [3.63, 3.8) is 0 Å². The molecule has 2 rings (SSSR count). The molecule has 9 heteroatoms. The summed E-state index contributed by atoms with van der Waals surface area (Å²) in [6.45, 7) is 6.56. The summed E-state index contributed by atoms with van der Waals surface area (Å²) in [7, 11) is 0. The molecule has 0 spiro atoms. The molecule has 1 amide bonds. The van der Waals surface area contributed by atoms with Gasteiger partial charge in [0.15, 0.2) is 10.1 Å². The Labute approximate surface area is 153 Å². The number of thioether (sulfide) groups is 1. The molecule has 0 saturated carbocycles. The monoisotopic (exact) mass is 382 g/mol. The summed E-state index contributed by atoms with van der Waals surface area (Å²) in [4.78, 5) is 40.4. The van der Waals surface area contributed by atoms with E-state index in [4.69, 9.17) is 9.15 Å². The number of thiazole rings is 1. The first-order valence-corrected chi connectivity index (χ1v) is 9.36. The average molecular weight is 382 g/mol. The molecule has 0 radical (unpaired) electrons. The van der Waals surface area contributed by atoms with Gasteiger partial charge in [-0.3, -0.25) is 14.9 Å². The third-order valence-corrected chi connectivity index (χ3v) is 5.23. The van der Waals surface area contributed by atoms with Gasteiger partial charge in [0.1, 0.15) is 11.3 Å². The number of nitrogens with one attached hydrogen (secondary N) is 1. The van der Waals surface area contributed by atoms with E-state index in [0.29, 0.717) is 0 Å². The van der Waals surface area contributed by atoms with Crippen molar-refractivity contribution in [3.8, 4) is 0 Å². The Morgan fingerprint density at radius 2 is 2.04 bits per heavy atom. The molecule has 2 aromatic rings. The van der Waals surface area contributed by atoms with E-state index in [9.17, 15) is 14.4 Å². The largest absolute Gasteiger partial charge is 0.462 e. The van der Waals surface area contributed by atoms with Gasteiger partial charge >= 0.3 is 5.97 Å². The molecule has 0 aliphatic heterocycles. The van der Waals surface area contributed by atoms with Crippen LogP contribution in [0.4, 0.5) is 5.88 Å². The molecule has 0 aliphatic carbocycles. The molecule has 0 unspecified atom stereocenters. The number of rotatable bonds is 7. The van der Waals surface area contributed by atoms with E-state index in [1.54, 1.807) is 13.8 Å². The van der Waals surface area contributed by atoms with Crippen LogP contribution in [-0.4, -0.2) is 35.0 Å². The van der Waals surface area contributed by atoms with Gasteiger partial charge in [-0.05, 0) is 27.7 Å². The number of furan rings is 1. The van der Waals surface area contributed by atoms with Crippen molar-refractivity contribution < 1.29 is 23.5 Å². The highest BCUT2D eigenvalue weighted by molar-refractivity contribution is 8.01. The summed E-state index contributed by atoms with van der Waals surface area (Å²) in [6.07, 6.45) is 0. The van der Waals surface area contributed by atoms with Crippen molar-refractivity contribution in [2.45, 2.75) is 32.0 Å². The predicted molar refractivity (Wildman–Crippen MR) is 95.6 cm³/mol. The maximum Gasteiger partial charge on any atom is 0.344 e. The highest BCUT2D eigenvalue weighted by Crippen LogP contribution is 2.29. The van der Waals surface area contributed by atoms with Gasteiger partial charge in [-0.1, -0.05) is 11.8 Å². The van der Waals surface area contributed by atoms with Gasteiger partial charge in [-0.2, -0.15) is 0 Å². The first-order valence-electron chi connectivity index (χ1n) is 7.49. The van der Waals surface area contributed by atoms with Crippen LogP contribution in [0.5, 0.6) is 0 Å². The number of hydrogen-bond acceptors (Lipinski definition) is 8. The number of ketones is 1. The Morgan fingerprint density at radius 3 is 2.60 bits per heavy atom. The van der Waals surface area contributed by atoms with Crippen LogP contribution in [0.15, 0.2) is 14.1 Å². The smallest absolute Gasteiger partial charge is 0.344 e. The zero-order valence-corrected chi connectivity index (χ0v) is 15.9. The van der Waals surface area contributed by atoms with Crippen LogP contribution in [0, 0.1) is 13.8 Å². The quantitative estimate of drug-likeness (QED) is 0.445. The van der Waals surface area contributed by atoms with Gasteiger partial charge < -0.3 is 9.15 Å². The maximum atomic E-state index is 12.2. The van der Waals surface area contributed by atoms with Gasteiger partial charge in [-0.25, -0.2) is 9.78 Å². The lowest BCUT2D eigenvalue weighted by Crippen LogP contribution is -2.17. The molecule has 0 aromatic carbocycles. The van der Waals surface area contributed by atoms with Crippen molar-refractivity contribution in [2.75, 3.05) is 17.7 Å². The molecule has 0 saturated heterocycles. The first kappa shape index (κ1) is 19.2. The van der Waals surface area contributed by atoms with Crippen LogP contribution in [0.3, 0.4) is 0 Å². The third kappa shape index (κ3) is 4.70. The van der Waals surface area contributed by atoms with E-state index in [0.717, 1.165) is 10.0 Å². The molecule has 0 atom stereocenters. The minimum absolute atomic E-state index is 0.0460. The second kappa shape index (κ2) is 8.30. The zero-order chi connectivity index (χ0) is 18.6. The number of carbonyl (C=O) groups excluding carboxylic acids is 3. The lowest BCUT2D eigenvalue weighted by Gasteiger charge is -2.05. The number of Topliss-reactive ketones (excluding diaryl/α,β-unsaturated/α-hetero) is 1. The Bertz CT molecular complexity index is 810. The number of amides is 1. The number of esters is 1. The van der Waals surface area contributed by atoms with Crippen molar-refractivity contribution in [2.24, 2.45) is 0 Å². The van der Waals surface area contributed by atoms with Crippen LogP contribution in [0.2, 0.25) is 0 Å². The Balaban J connectivity index is 2.17. The summed E-state index contributed by atoms with van der Waals surface area (Å²) in [5.74, 6) is -1.12. The van der Waals surface area contributed by atoms with E-state index in [2.05, 4.69) is 10.3 Å². The highest BCUT2D eigenvalue weighted by atomic mass is 32.2. The van der Waals surface area contributed by atoms with Crippen molar-refractivity contribution in [1.29, 1.82) is 0 Å².